The molecular formula is C11H15FN2O2. The average molecular weight is 226 g/mol. The third-order valence-electron chi connectivity index (χ3n) is 2.04. The second-order valence-corrected chi connectivity index (χ2v) is 3.52. The van der Waals surface area contributed by atoms with Gasteiger partial charge in [-0.1, -0.05) is 0 Å². The summed E-state index contributed by atoms with van der Waals surface area (Å²) in [6, 6.07) is 5.02. The molecule has 0 saturated carbocycles. The highest BCUT2D eigenvalue weighted by Gasteiger charge is 2.06. The van der Waals surface area contributed by atoms with Crippen molar-refractivity contribution >= 4 is 11.7 Å². The Morgan fingerprint density at radius 1 is 1.44 bits per heavy atom. The summed E-state index contributed by atoms with van der Waals surface area (Å²) < 4.78 is 12.6. The number of carbonyl (C=O) groups is 1. The van der Waals surface area contributed by atoms with Crippen LogP contribution in [-0.2, 0) is 0 Å². The third-order valence-corrected chi connectivity index (χ3v) is 2.04. The zero-order valence-corrected chi connectivity index (χ0v) is 9.03. The molecule has 88 valence electrons. The van der Waals surface area contributed by atoms with Gasteiger partial charge in [-0.2, -0.15) is 0 Å². The lowest BCUT2D eigenvalue weighted by Gasteiger charge is -2.13. The first kappa shape index (κ1) is 12.4. The Hall–Kier alpha value is -1.62. The Kier molecular flexibility index (Phi) is 4.72. The van der Waals surface area contributed by atoms with Crippen LogP contribution in [0.5, 0.6) is 0 Å². The van der Waals surface area contributed by atoms with Gasteiger partial charge in [0.15, 0.2) is 0 Å². The van der Waals surface area contributed by atoms with Crippen LogP contribution in [0.4, 0.5) is 14.9 Å². The van der Waals surface area contributed by atoms with Crippen molar-refractivity contribution in [3.8, 4) is 0 Å². The van der Waals surface area contributed by atoms with Crippen LogP contribution in [0.1, 0.15) is 13.3 Å². The van der Waals surface area contributed by atoms with E-state index >= 15 is 0 Å². The van der Waals surface area contributed by atoms with Crippen molar-refractivity contribution in [2.75, 3.05) is 11.9 Å². The number of anilines is 1. The maximum absolute atomic E-state index is 12.6. The summed E-state index contributed by atoms with van der Waals surface area (Å²) in [6.07, 6.45) is 0.497. The normalized spacial score (nSPS) is 11.9. The summed E-state index contributed by atoms with van der Waals surface area (Å²) in [6.45, 7) is 1.82. The lowest BCUT2D eigenvalue weighted by atomic mass is 10.2. The third kappa shape index (κ3) is 4.27. The fourth-order valence-electron chi connectivity index (χ4n) is 1.19. The van der Waals surface area contributed by atoms with Gasteiger partial charge in [0.25, 0.3) is 0 Å². The highest BCUT2D eigenvalue weighted by molar-refractivity contribution is 5.89. The summed E-state index contributed by atoms with van der Waals surface area (Å²) in [7, 11) is 0. The molecule has 0 aliphatic rings. The van der Waals surface area contributed by atoms with E-state index in [2.05, 4.69) is 10.6 Å². The van der Waals surface area contributed by atoms with Crippen LogP contribution >= 0.6 is 0 Å². The van der Waals surface area contributed by atoms with E-state index in [0.29, 0.717) is 12.1 Å². The smallest absolute Gasteiger partial charge is 0.319 e. The van der Waals surface area contributed by atoms with Gasteiger partial charge in [0.05, 0.1) is 0 Å². The lowest BCUT2D eigenvalue weighted by molar-refractivity contribution is 0.241. The molecule has 0 heterocycles. The molecule has 1 aromatic rings. The minimum Gasteiger partial charge on any atom is -0.396 e. The number of urea groups is 1. The molecule has 0 unspecified atom stereocenters. The Bertz CT molecular complexity index is 340. The van der Waals surface area contributed by atoms with Crippen LogP contribution in [0.3, 0.4) is 0 Å². The van der Waals surface area contributed by atoms with Crippen molar-refractivity contribution in [1.29, 1.82) is 0 Å². The monoisotopic (exact) mass is 226 g/mol. The Morgan fingerprint density at radius 3 is 2.62 bits per heavy atom. The molecule has 5 heteroatoms. The van der Waals surface area contributed by atoms with Crippen LogP contribution in [0, 0.1) is 5.82 Å². The van der Waals surface area contributed by atoms with Gasteiger partial charge in [-0.3, -0.25) is 0 Å². The molecule has 1 atom stereocenters. The van der Waals surface area contributed by atoms with Gasteiger partial charge in [-0.15, -0.1) is 0 Å². The van der Waals surface area contributed by atoms with Crippen LogP contribution < -0.4 is 10.6 Å². The molecule has 0 aromatic heterocycles. The standard InChI is InChI=1S/C11H15FN2O2/c1-8(6-7-15)13-11(16)14-10-4-2-9(12)3-5-10/h2-5,8,15H,6-7H2,1H3,(H2,13,14,16)/t8-/m1/s1. The Labute approximate surface area is 93.5 Å². The average Bonchev–Trinajstić information content (AvgIpc) is 2.21. The zero-order chi connectivity index (χ0) is 12.0. The first-order valence-corrected chi connectivity index (χ1v) is 5.05. The highest BCUT2D eigenvalue weighted by Crippen LogP contribution is 2.07. The molecule has 16 heavy (non-hydrogen) atoms. The number of hydrogen-bond acceptors (Lipinski definition) is 2. The van der Waals surface area contributed by atoms with Crippen LogP contribution in [-0.4, -0.2) is 23.8 Å². The van der Waals surface area contributed by atoms with Crippen molar-refractivity contribution < 1.29 is 14.3 Å². The second kappa shape index (κ2) is 6.07. The van der Waals surface area contributed by atoms with Gasteiger partial charge in [0, 0.05) is 18.3 Å². The second-order valence-electron chi connectivity index (χ2n) is 3.52. The fraction of sp³-hybridized carbons (Fsp3) is 0.364. The zero-order valence-electron chi connectivity index (χ0n) is 9.03. The van der Waals surface area contributed by atoms with Crippen molar-refractivity contribution in [3.63, 3.8) is 0 Å². The van der Waals surface area contributed by atoms with E-state index in [9.17, 15) is 9.18 Å². The van der Waals surface area contributed by atoms with E-state index < -0.39 is 0 Å². The van der Waals surface area contributed by atoms with Crippen molar-refractivity contribution in [1.82, 2.24) is 5.32 Å². The lowest BCUT2D eigenvalue weighted by Crippen LogP contribution is -2.36. The number of amides is 2. The van der Waals surface area contributed by atoms with Crippen molar-refractivity contribution in [2.24, 2.45) is 0 Å². The SMILES string of the molecule is C[C@H](CCO)NC(=O)Nc1ccc(F)cc1. The Balaban J connectivity index is 2.42. The van der Waals surface area contributed by atoms with Crippen LogP contribution in [0.15, 0.2) is 24.3 Å². The number of aliphatic hydroxyl groups is 1. The molecule has 1 rings (SSSR count). The van der Waals surface area contributed by atoms with Gasteiger partial charge in [0.1, 0.15) is 5.82 Å². The summed E-state index contributed by atoms with van der Waals surface area (Å²) in [4.78, 5) is 11.4. The van der Waals surface area contributed by atoms with Crippen LogP contribution in [0.2, 0.25) is 0 Å². The molecule has 3 N–H and O–H groups in total. The molecule has 0 bridgehead atoms. The van der Waals surface area contributed by atoms with Crippen molar-refractivity contribution in [2.45, 2.75) is 19.4 Å². The molecule has 2 amide bonds. The van der Waals surface area contributed by atoms with E-state index in [1.54, 1.807) is 6.92 Å². The summed E-state index contributed by atoms with van der Waals surface area (Å²) in [5, 5.41) is 13.9. The largest absolute Gasteiger partial charge is 0.396 e. The van der Waals surface area contributed by atoms with E-state index in [-0.39, 0.29) is 24.5 Å². The predicted octanol–water partition coefficient (Wildman–Crippen LogP) is 1.72. The molecule has 1 aromatic carbocycles. The molecule has 0 radical (unpaired) electrons. The predicted molar refractivity (Wildman–Crippen MR) is 59.7 cm³/mol. The maximum atomic E-state index is 12.6. The summed E-state index contributed by atoms with van der Waals surface area (Å²) >= 11 is 0. The molecule has 4 nitrogen and oxygen atoms in total. The molecule has 0 saturated heterocycles. The van der Waals surface area contributed by atoms with Crippen LogP contribution in [0.25, 0.3) is 0 Å². The van der Waals surface area contributed by atoms with E-state index in [1.165, 1.54) is 24.3 Å². The van der Waals surface area contributed by atoms with Crippen molar-refractivity contribution in [3.05, 3.63) is 30.1 Å². The fourth-order valence-corrected chi connectivity index (χ4v) is 1.19. The molecule has 0 aliphatic heterocycles. The summed E-state index contributed by atoms with van der Waals surface area (Å²) in [5.74, 6) is -0.348. The quantitative estimate of drug-likeness (QED) is 0.732. The van der Waals surface area contributed by atoms with Gasteiger partial charge in [-0.25, -0.2) is 9.18 Å². The minimum absolute atomic E-state index is 0.0258. The Morgan fingerprint density at radius 2 is 2.06 bits per heavy atom. The van der Waals surface area contributed by atoms with Gasteiger partial charge in [0.2, 0.25) is 0 Å². The first-order valence-electron chi connectivity index (χ1n) is 5.05. The molecule has 0 fully saturated rings. The van der Waals surface area contributed by atoms with E-state index in [4.69, 9.17) is 5.11 Å². The molecule has 0 spiro atoms. The topological polar surface area (TPSA) is 61.4 Å². The molecular weight excluding hydrogens is 211 g/mol. The first-order chi connectivity index (χ1) is 7.61. The number of aliphatic hydroxyl groups excluding tert-OH is 1. The maximum Gasteiger partial charge on any atom is 0.319 e. The van der Waals surface area contributed by atoms with Gasteiger partial charge in [-0.05, 0) is 37.6 Å². The minimum atomic E-state index is -0.368. The number of rotatable bonds is 4. The van der Waals surface area contributed by atoms with E-state index in [0.717, 1.165) is 0 Å². The number of hydrogen-bond donors (Lipinski definition) is 3. The number of benzene rings is 1. The van der Waals surface area contributed by atoms with Gasteiger partial charge >= 0.3 is 6.03 Å². The van der Waals surface area contributed by atoms with Gasteiger partial charge < -0.3 is 15.7 Å². The number of nitrogens with one attached hydrogen (secondary N) is 2. The van der Waals surface area contributed by atoms with E-state index in [1.807, 2.05) is 0 Å². The molecule has 0 aliphatic carbocycles. The number of carbonyl (C=O) groups excluding carboxylic acids is 1. The highest BCUT2D eigenvalue weighted by atomic mass is 19.1. The number of halogens is 1. The summed E-state index contributed by atoms with van der Waals surface area (Å²) in [5.41, 5.74) is 0.523.